The van der Waals surface area contributed by atoms with Crippen LogP contribution in [0.2, 0.25) is 0 Å². The summed E-state index contributed by atoms with van der Waals surface area (Å²) in [4.78, 5) is 52.1. The van der Waals surface area contributed by atoms with E-state index in [1.165, 1.54) is 28.3 Å². The fourth-order valence-corrected chi connectivity index (χ4v) is 4.19. The number of allylic oxidation sites excluding steroid dienone is 4. The maximum absolute atomic E-state index is 13.4. The van der Waals surface area contributed by atoms with Gasteiger partial charge >= 0.3 is 12.1 Å². The van der Waals surface area contributed by atoms with Crippen LogP contribution in [0.3, 0.4) is 0 Å². The van der Waals surface area contributed by atoms with Gasteiger partial charge in [0.2, 0.25) is 5.95 Å². The highest BCUT2D eigenvalue weighted by Gasteiger charge is 2.28. The lowest BCUT2D eigenvalue weighted by molar-refractivity contribution is -0.137. The number of amides is 2. The van der Waals surface area contributed by atoms with E-state index in [0.717, 1.165) is 6.42 Å². The fourth-order valence-electron chi connectivity index (χ4n) is 4.19. The topological polar surface area (TPSA) is 141 Å². The lowest BCUT2D eigenvalue weighted by Gasteiger charge is -2.26. The van der Waals surface area contributed by atoms with Gasteiger partial charge in [0.1, 0.15) is 17.5 Å². The second-order valence-corrected chi connectivity index (χ2v) is 9.81. The summed E-state index contributed by atoms with van der Waals surface area (Å²) in [5.74, 6) is -0.426. The zero-order valence-corrected chi connectivity index (χ0v) is 26.2. The fraction of sp³-hybridized carbons (Fsp3) is 0.452. The molecule has 1 unspecified atom stereocenters. The van der Waals surface area contributed by atoms with Crippen molar-refractivity contribution in [3.8, 4) is 0 Å². The van der Waals surface area contributed by atoms with E-state index in [0.29, 0.717) is 48.2 Å². The first-order chi connectivity index (χ1) is 20.5. The van der Waals surface area contributed by atoms with E-state index in [4.69, 9.17) is 9.15 Å². The van der Waals surface area contributed by atoms with Gasteiger partial charge in [-0.15, -0.1) is 0 Å². The first-order valence-electron chi connectivity index (χ1n) is 14.4. The number of nitrogens with one attached hydrogen (secondary N) is 1. The molecule has 0 aliphatic heterocycles. The Bertz CT molecular complexity index is 1330. The van der Waals surface area contributed by atoms with Gasteiger partial charge in [-0.05, 0) is 58.8 Å². The smallest absolute Gasteiger partial charge is 0.414 e. The molecule has 1 atom stereocenters. The Balaban J connectivity index is 2.45. The van der Waals surface area contributed by atoms with Crippen molar-refractivity contribution < 1.29 is 28.6 Å². The maximum atomic E-state index is 13.4. The van der Waals surface area contributed by atoms with Crippen molar-refractivity contribution in [3.63, 3.8) is 0 Å². The zero-order valence-electron chi connectivity index (χ0n) is 26.2. The molecule has 0 fully saturated rings. The minimum atomic E-state index is -1.14. The average molecular weight is 597 g/mol. The zero-order chi connectivity index (χ0) is 32.1. The van der Waals surface area contributed by atoms with Crippen LogP contribution in [0.15, 0.2) is 59.1 Å². The first kappa shape index (κ1) is 34.6. The maximum Gasteiger partial charge on any atom is 0.414 e. The predicted molar refractivity (Wildman–Crippen MR) is 167 cm³/mol. The highest BCUT2D eigenvalue weighted by molar-refractivity contribution is 6.06. The van der Waals surface area contributed by atoms with Crippen LogP contribution in [-0.2, 0) is 9.53 Å². The Morgan fingerprint density at radius 1 is 1.16 bits per heavy atom. The molecule has 2 aromatic rings. The van der Waals surface area contributed by atoms with Crippen LogP contribution in [0.4, 0.5) is 22.2 Å². The van der Waals surface area contributed by atoms with Crippen molar-refractivity contribution >= 4 is 35.4 Å². The quantitative estimate of drug-likeness (QED) is 0.185. The van der Waals surface area contributed by atoms with Crippen LogP contribution in [0.25, 0.3) is 0 Å². The van der Waals surface area contributed by atoms with E-state index in [1.807, 2.05) is 25.7 Å². The first-order valence-corrected chi connectivity index (χ1v) is 14.4. The van der Waals surface area contributed by atoms with Crippen LogP contribution < -0.4 is 15.1 Å². The Hall–Kier alpha value is -4.61. The second kappa shape index (κ2) is 16.7. The SMILES string of the molecule is C=C/C(=C\C=C(/C)OC(=O)N(C)CCC)CC(Nc1nc(N(CC)CC)ncc1N(CC)C(=O)c1occc1C)C(=O)O. The van der Waals surface area contributed by atoms with Gasteiger partial charge in [0.15, 0.2) is 11.6 Å². The van der Waals surface area contributed by atoms with Crippen LogP contribution in [0.5, 0.6) is 0 Å². The van der Waals surface area contributed by atoms with E-state index >= 15 is 0 Å². The number of carbonyl (C=O) groups is 3. The number of rotatable bonds is 16. The van der Waals surface area contributed by atoms with Crippen molar-refractivity contribution in [2.45, 2.75) is 60.4 Å². The molecule has 12 heteroatoms. The summed E-state index contributed by atoms with van der Waals surface area (Å²) in [6.45, 7) is 17.0. The molecule has 2 rings (SSSR count). The number of aromatic nitrogens is 2. The van der Waals surface area contributed by atoms with Crippen LogP contribution in [-0.4, -0.2) is 77.2 Å². The Kier molecular flexibility index (Phi) is 13.5. The summed E-state index contributed by atoms with van der Waals surface area (Å²) in [7, 11) is 1.66. The van der Waals surface area contributed by atoms with Crippen molar-refractivity contribution in [2.24, 2.45) is 0 Å². The molecule has 12 nitrogen and oxygen atoms in total. The van der Waals surface area contributed by atoms with E-state index in [2.05, 4.69) is 21.9 Å². The minimum absolute atomic E-state index is 0.0215. The van der Waals surface area contributed by atoms with E-state index < -0.39 is 24.0 Å². The van der Waals surface area contributed by atoms with Gasteiger partial charge in [0.05, 0.1) is 12.5 Å². The molecule has 2 amide bonds. The van der Waals surface area contributed by atoms with Gasteiger partial charge in [0, 0.05) is 45.2 Å². The van der Waals surface area contributed by atoms with Gasteiger partial charge in [-0.3, -0.25) is 4.79 Å². The lowest BCUT2D eigenvalue weighted by Crippen LogP contribution is -2.35. The largest absolute Gasteiger partial charge is 0.480 e. The summed E-state index contributed by atoms with van der Waals surface area (Å²) in [5.41, 5.74) is 1.56. The lowest BCUT2D eigenvalue weighted by atomic mass is 10.1. The van der Waals surface area contributed by atoms with Crippen molar-refractivity contribution in [1.29, 1.82) is 0 Å². The number of nitrogens with zero attached hydrogens (tertiary/aromatic N) is 5. The summed E-state index contributed by atoms with van der Waals surface area (Å²) in [6, 6.07) is 0.554. The van der Waals surface area contributed by atoms with E-state index in [1.54, 1.807) is 46.0 Å². The van der Waals surface area contributed by atoms with E-state index in [-0.39, 0.29) is 24.5 Å². The molecule has 0 aliphatic rings. The molecule has 2 heterocycles. The number of aliphatic carboxylic acids is 1. The molecule has 0 bridgehead atoms. The third kappa shape index (κ3) is 9.45. The van der Waals surface area contributed by atoms with Gasteiger partial charge in [-0.1, -0.05) is 25.7 Å². The van der Waals surface area contributed by atoms with Crippen molar-refractivity contribution in [2.75, 3.05) is 48.3 Å². The van der Waals surface area contributed by atoms with E-state index in [9.17, 15) is 19.5 Å². The Morgan fingerprint density at radius 2 is 1.86 bits per heavy atom. The van der Waals surface area contributed by atoms with Gasteiger partial charge < -0.3 is 34.3 Å². The molecule has 0 aromatic carbocycles. The number of hydrogen-bond acceptors (Lipinski definition) is 9. The number of carboxylic acids is 1. The second-order valence-electron chi connectivity index (χ2n) is 9.81. The molecule has 2 aromatic heterocycles. The highest BCUT2D eigenvalue weighted by Crippen LogP contribution is 2.29. The molecule has 43 heavy (non-hydrogen) atoms. The summed E-state index contributed by atoms with van der Waals surface area (Å²) >= 11 is 0. The molecular formula is C31H44N6O6. The Morgan fingerprint density at radius 3 is 2.40 bits per heavy atom. The molecule has 0 spiro atoms. The molecule has 234 valence electrons. The number of hydrogen-bond donors (Lipinski definition) is 2. The third-order valence-corrected chi connectivity index (χ3v) is 6.67. The van der Waals surface area contributed by atoms with Gasteiger partial charge in [0.25, 0.3) is 5.91 Å². The standard InChI is InChI=1S/C31H44N6O6/c1-9-17-35(8)31(41)43-22(7)14-15-23(10-2)19-24(29(39)40)33-27-25(20-32-30(34-27)36(11-3)12-4)37(13-5)28(38)26-21(6)16-18-42-26/h10,14-16,18,20,24H,2,9,11-13,17,19H2,1,3-8H3,(H,39,40)(H,32,33,34)/b22-14+,23-15+. The third-order valence-electron chi connectivity index (χ3n) is 6.67. The number of ether oxygens (including phenoxy) is 1. The normalized spacial score (nSPS) is 12.3. The number of aryl methyl sites for hydroxylation is 1. The Labute approximate surface area is 253 Å². The summed E-state index contributed by atoms with van der Waals surface area (Å²) < 4.78 is 10.8. The molecule has 0 radical (unpaired) electrons. The van der Waals surface area contributed by atoms with Gasteiger partial charge in [-0.25, -0.2) is 14.6 Å². The summed E-state index contributed by atoms with van der Waals surface area (Å²) in [6.07, 6.45) is 8.08. The van der Waals surface area contributed by atoms with Crippen molar-refractivity contribution in [1.82, 2.24) is 14.9 Å². The number of carboxylic acid groups (broad SMARTS) is 1. The average Bonchev–Trinajstić information content (AvgIpc) is 3.42. The predicted octanol–water partition coefficient (Wildman–Crippen LogP) is 5.64. The van der Waals surface area contributed by atoms with Crippen LogP contribution in [0, 0.1) is 6.92 Å². The molecule has 2 N–H and O–H groups in total. The van der Waals surface area contributed by atoms with Crippen molar-refractivity contribution in [3.05, 3.63) is 66.0 Å². The minimum Gasteiger partial charge on any atom is -0.480 e. The molecular weight excluding hydrogens is 552 g/mol. The molecule has 0 saturated carbocycles. The highest BCUT2D eigenvalue weighted by atomic mass is 16.6. The number of anilines is 3. The number of furan rings is 1. The van der Waals surface area contributed by atoms with Crippen LogP contribution in [0.1, 0.15) is 63.6 Å². The van der Waals surface area contributed by atoms with Crippen LogP contribution >= 0.6 is 0 Å². The number of carbonyl (C=O) groups excluding carboxylic acids is 2. The molecule has 0 aliphatic carbocycles. The monoisotopic (exact) mass is 596 g/mol. The summed E-state index contributed by atoms with van der Waals surface area (Å²) in [5, 5.41) is 13.2. The van der Waals surface area contributed by atoms with Gasteiger partial charge in [-0.2, -0.15) is 4.98 Å². The molecule has 0 saturated heterocycles.